The van der Waals surface area contributed by atoms with E-state index in [2.05, 4.69) is 61.5 Å². The molecule has 3 aromatic carbocycles. The first-order valence-corrected chi connectivity index (χ1v) is 14.0. The number of hydrogen-bond acceptors (Lipinski definition) is 2. The minimum absolute atomic E-state index is 0.118. The number of unbranched alkanes of at least 4 members (excludes halogenated alkanes) is 10. The summed E-state index contributed by atoms with van der Waals surface area (Å²) in [7, 11) is 0. The van der Waals surface area contributed by atoms with Crippen LogP contribution in [-0.4, -0.2) is 17.2 Å². The fourth-order valence-corrected chi connectivity index (χ4v) is 5.04. The molecule has 0 radical (unpaired) electrons. The first-order chi connectivity index (χ1) is 17.2. The van der Waals surface area contributed by atoms with Gasteiger partial charge in [-0.1, -0.05) is 113 Å². The number of carboxylic acid groups (broad SMARTS) is 1. The first kappa shape index (κ1) is 27.0. The van der Waals surface area contributed by atoms with Gasteiger partial charge in [-0.25, -0.2) is 0 Å². The molecule has 0 saturated heterocycles. The van der Waals surface area contributed by atoms with Crippen molar-refractivity contribution < 1.29 is 14.6 Å². The van der Waals surface area contributed by atoms with E-state index in [9.17, 15) is 4.79 Å². The minimum Gasteiger partial charge on any atom is -0.489 e. The summed E-state index contributed by atoms with van der Waals surface area (Å²) in [5.41, 5.74) is 0. The van der Waals surface area contributed by atoms with Crippen LogP contribution in [0.25, 0.3) is 21.5 Å². The minimum atomic E-state index is -0.711. The molecule has 0 fully saturated rings. The lowest BCUT2D eigenvalue weighted by Crippen LogP contribution is -2.17. The van der Waals surface area contributed by atoms with E-state index >= 15 is 0 Å². The molecule has 3 aromatic rings. The van der Waals surface area contributed by atoms with Crippen molar-refractivity contribution >= 4 is 27.5 Å². The van der Waals surface area contributed by atoms with Crippen LogP contribution in [0.15, 0.2) is 54.6 Å². The Labute approximate surface area is 211 Å². The van der Waals surface area contributed by atoms with E-state index in [0.717, 1.165) is 35.8 Å². The van der Waals surface area contributed by atoms with Gasteiger partial charge < -0.3 is 9.84 Å². The molecule has 0 amide bonds. The maximum atomic E-state index is 11.0. The number of fused-ring (bicyclic) bond motifs is 2. The summed E-state index contributed by atoms with van der Waals surface area (Å²) in [6.07, 6.45) is 17.2. The third-order valence-electron chi connectivity index (χ3n) is 7.05. The van der Waals surface area contributed by atoms with Crippen LogP contribution in [0.5, 0.6) is 5.75 Å². The lowest BCUT2D eigenvalue weighted by molar-refractivity contribution is -0.137. The molecule has 0 aliphatic heterocycles. The second kappa shape index (κ2) is 15.4. The van der Waals surface area contributed by atoms with Crippen LogP contribution < -0.4 is 4.74 Å². The Morgan fingerprint density at radius 2 is 1.20 bits per heavy atom. The van der Waals surface area contributed by atoms with Gasteiger partial charge in [0, 0.05) is 17.2 Å². The molecule has 190 valence electrons. The molecule has 1 atom stereocenters. The standard InChI is InChI=1S/C32H44O3/c1-2-3-4-5-6-7-8-9-10-11-20-28(21-14-17-24-31(33)34)35-32-29-22-15-12-18-26(29)25-27-19-13-16-23-30(27)32/h12-13,15-16,18-19,22-23,25,28H,2-11,14,17,20-21,24H2,1H3,(H,33,34)/t28-/m1/s1. The van der Waals surface area contributed by atoms with Gasteiger partial charge >= 0.3 is 5.97 Å². The normalized spacial score (nSPS) is 12.3. The first-order valence-electron chi connectivity index (χ1n) is 14.0. The Hall–Kier alpha value is -2.55. The van der Waals surface area contributed by atoms with Gasteiger partial charge in [-0.2, -0.15) is 0 Å². The molecule has 0 heterocycles. The number of hydrogen-bond donors (Lipinski definition) is 1. The fraction of sp³-hybridized carbons (Fsp3) is 0.531. The third-order valence-corrected chi connectivity index (χ3v) is 7.05. The Morgan fingerprint density at radius 1 is 0.714 bits per heavy atom. The highest BCUT2D eigenvalue weighted by Gasteiger charge is 2.16. The molecule has 0 unspecified atom stereocenters. The molecule has 0 spiro atoms. The average molecular weight is 477 g/mol. The third kappa shape index (κ3) is 9.20. The maximum Gasteiger partial charge on any atom is 0.303 e. The predicted molar refractivity (Wildman–Crippen MR) is 148 cm³/mol. The van der Waals surface area contributed by atoms with Gasteiger partial charge in [0.2, 0.25) is 0 Å². The summed E-state index contributed by atoms with van der Waals surface area (Å²) in [4.78, 5) is 11.0. The highest BCUT2D eigenvalue weighted by atomic mass is 16.5. The Kier molecular flexibility index (Phi) is 11.9. The van der Waals surface area contributed by atoms with Crippen LogP contribution in [0.4, 0.5) is 0 Å². The van der Waals surface area contributed by atoms with Crippen molar-refractivity contribution in [3.05, 3.63) is 54.6 Å². The van der Waals surface area contributed by atoms with E-state index in [-0.39, 0.29) is 12.5 Å². The molecule has 3 rings (SSSR count). The number of benzene rings is 3. The molecule has 35 heavy (non-hydrogen) atoms. The van der Waals surface area contributed by atoms with Crippen LogP contribution in [-0.2, 0) is 4.79 Å². The molecule has 0 aliphatic carbocycles. The highest BCUT2D eigenvalue weighted by Crippen LogP contribution is 2.36. The molecule has 1 N–H and O–H groups in total. The van der Waals surface area contributed by atoms with E-state index in [1.807, 2.05) is 0 Å². The molecule has 0 aromatic heterocycles. The van der Waals surface area contributed by atoms with E-state index in [0.29, 0.717) is 6.42 Å². The summed E-state index contributed by atoms with van der Waals surface area (Å²) in [5.74, 6) is 0.270. The van der Waals surface area contributed by atoms with Gasteiger partial charge in [0.25, 0.3) is 0 Å². The van der Waals surface area contributed by atoms with Crippen LogP contribution in [0.2, 0.25) is 0 Å². The van der Waals surface area contributed by atoms with Crippen molar-refractivity contribution in [1.29, 1.82) is 0 Å². The summed E-state index contributed by atoms with van der Waals surface area (Å²) >= 11 is 0. The van der Waals surface area contributed by atoms with Gasteiger partial charge in [-0.3, -0.25) is 4.79 Å². The van der Waals surface area contributed by atoms with Crippen LogP contribution in [0, 0.1) is 0 Å². The maximum absolute atomic E-state index is 11.0. The van der Waals surface area contributed by atoms with Crippen molar-refractivity contribution in [3.63, 3.8) is 0 Å². The molecular formula is C32H44O3. The van der Waals surface area contributed by atoms with E-state index in [1.165, 1.54) is 75.0 Å². The van der Waals surface area contributed by atoms with E-state index < -0.39 is 5.97 Å². The Balaban J connectivity index is 1.59. The fourth-order valence-electron chi connectivity index (χ4n) is 5.04. The second-order valence-corrected chi connectivity index (χ2v) is 10.00. The van der Waals surface area contributed by atoms with Gasteiger partial charge in [0.15, 0.2) is 0 Å². The Bertz CT molecular complexity index is 972. The van der Waals surface area contributed by atoms with Gasteiger partial charge in [-0.15, -0.1) is 0 Å². The van der Waals surface area contributed by atoms with Crippen LogP contribution in [0.3, 0.4) is 0 Å². The van der Waals surface area contributed by atoms with Crippen molar-refractivity contribution in [2.45, 2.75) is 109 Å². The number of aliphatic carboxylic acids is 1. The van der Waals surface area contributed by atoms with Gasteiger partial charge in [0.05, 0.1) is 6.10 Å². The number of rotatable bonds is 18. The largest absolute Gasteiger partial charge is 0.489 e. The predicted octanol–water partition coefficient (Wildman–Crippen LogP) is 9.70. The topological polar surface area (TPSA) is 46.5 Å². The lowest BCUT2D eigenvalue weighted by atomic mass is 10.00. The SMILES string of the molecule is CCCCCCCCCCCC[C@H](CCCCC(=O)O)Oc1c2ccccc2cc2ccccc12. The summed E-state index contributed by atoms with van der Waals surface area (Å²) in [6, 6.07) is 19.2. The number of carboxylic acids is 1. The zero-order valence-corrected chi connectivity index (χ0v) is 21.6. The van der Waals surface area contributed by atoms with Crippen molar-refractivity contribution in [2.75, 3.05) is 0 Å². The average Bonchev–Trinajstić information content (AvgIpc) is 2.87. The summed E-state index contributed by atoms with van der Waals surface area (Å²) < 4.78 is 6.78. The van der Waals surface area contributed by atoms with Crippen molar-refractivity contribution in [1.82, 2.24) is 0 Å². The van der Waals surface area contributed by atoms with Crippen LogP contribution in [0.1, 0.15) is 103 Å². The summed E-state index contributed by atoms with van der Waals surface area (Å²) in [6.45, 7) is 2.27. The monoisotopic (exact) mass is 476 g/mol. The van der Waals surface area contributed by atoms with Crippen LogP contribution >= 0.6 is 0 Å². The molecule has 0 bridgehead atoms. The van der Waals surface area contributed by atoms with Gasteiger partial charge in [-0.05, 0) is 48.9 Å². The molecular weight excluding hydrogens is 432 g/mol. The van der Waals surface area contributed by atoms with E-state index in [4.69, 9.17) is 9.84 Å². The van der Waals surface area contributed by atoms with Crippen molar-refractivity contribution in [3.8, 4) is 5.75 Å². The molecule has 3 nitrogen and oxygen atoms in total. The van der Waals surface area contributed by atoms with Crippen molar-refractivity contribution in [2.24, 2.45) is 0 Å². The summed E-state index contributed by atoms with van der Waals surface area (Å²) in [5, 5.41) is 13.7. The number of ether oxygens (including phenoxy) is 1. The lowest BCUT2D eigenvalue weighted by Gasteiger charge is -2.22. The highest BCUT2D eigenvalue weighted by molar-refractivity contribution is 6.05. The van der Waals surface area contributed by atoms with Gasteiger partial charge in [0.1, 0.15) is 5.75 Å². The molecule has 0 saturated carbocycles. The second-order valence-electron chi connectivity index (χ2n) is 10.00. The molecule has 3 heteroatoms. The smallest absolute Gasteiger partial charge is 0.303 e. The van der Waals surface area contributed by atoms with E-state index in [1.54, 1.807) is 0 Å². The molecule has 0 aliphatic rings. The quantitative estimate of drug-likeness (QED) is 0.147. The zero-order valence-electron chi connectivity index (χ0n) is 21.6. The Morgan fingerprint density at radius 3 is 1.74 bits per heavy atom. The number of carbonyl (C=O) groups is 1. The zero-order chi connectivity index (χ0) is 24.7.